The van der Waals surface area contributed by atoms with Gasteiger partial charge >= 0.3 is 5.97 Å². The fourth-order valence-electron chi connectivity index (χ4n) is 1.52. The zero-order valence-corrected chi connectivity index (χ0v) is 10.8. The normalized spacial score (nSPS) is 13.1. The molecule has 2 N–H and O–H groups in total. The van der Waals surface area contributed by atoms with E-state index in [0.29, 0.717) is 5.56 Å². The molecule has 0 unspecified atom stereocenters. The minimum atomic E-state index is -0.703. The predicted molar refractivity (Wildman–Crippen MR) is 68.2 cm³/mol. The van der Waals surface area contributed by atoms with E-state index in [4.69, 9.17) is 9.84 Å². The largest absolute Gasteiger partial charge is 0.461 e. The van der Waals surface area contributed by atoms with E-state index in [1.807, 2.05) is 6.07 Å². The molecule has 4 nitrogen and oxygen atoms in total. The van der Waals surface area contributed by atoms with Crippen molar-refractivity contribution in [1.29, 1.82) is 0 Å². The molecule has 1 aromatic carbocycles. The van der Waals surface area contributed by atoms with Crippen LogP contribution in [-0.2, 0) is 4.74 Å². The van der Waals surface area contributed by atoms with Gasteiger partial charge in [-0.2, -0.15) is 0 Å². The van der Waals surface area contributed by atoms with Gasteiger partial charge in [0.25, 0.3) is 0 Å². The highest BCUT2D eigenvalue weighted by atomic mass is 16.5. The number of hydrogen-bond acceptors (Lipinski definition) is 4. The molecule has 0 saturated carbocycles. The quantitative estimate of drug-likeness (QED) is 0.755. The summed E-state index contributed by atoms with van der Waals surface area (Å²) in [7, 11) is 0. The highest BCUT2D eigenvalue weighted by molar-refractivity contribution is 5.89. The van der Waals surface area contributed by atoms with Crippen LogP contribution in [0.25, 0.3) is 0 Å². The van der Waals surface area contributed by atoms with Crippen LogP contribution >= 0.6 is 0 Å². The van der Waals surface area contributed by atoms with Crippen molar-refractivity contribution < 1.29 is 19.7 Å². The van der Waals surface area contributed by atoms with Gasteiger partial charge in [-0.3, -0.25) is 0 Å². The predicted octanol–water partition coefficient (Wildman–Crippen LogP) is 1.61. The summed E-state index contributed by atoms with van der Waals surface area (Å²) >= 11 is 0. The lowest BCUT2D eigenvalue weighted by Gasteiger charge is -2.29. The lowest BCUT2D eigenvalue weighted by Crippen LogP contribution is -2.35. The van der Waals surface area contributed by atoms with Crippen molar-refractivity contribution in [2.24, 2.45) is 5.41 Å². The molecule has 0 radical (unpaired) electrons. The van der Waals surface area contributed by atoms with Crippen molar-refractivity contribution in [3.05, 3.63) is 35.9 Å². The van der Waals surface area contributed by atoms with Crippen molar-refractivity contribution in [2.75, 3.05) is 13.2 Å². The van der Waals surface area contributed by atoms with Gasteiger partial charge in [0.2, 0.25) is 0 Å². The first kappa shape index (κ1) is 14.7. The summed E-state index contributed by atoms with van der Waals surface area (Å²) in [5.74, 6) is -0.403. The summed E-state index contributed by atoms with van der Waals surface area (Å²) in [6.45, 7) is 3.62. The molecule has 0 spiro atoms. The first-order valence-electron chi connectivity index (χ1n) is 5.98. The van der Waals surface area contributed by atoms with E-state index >= 15 is 0 Å². The molecular formula is C14H20O4. The Morgan fingerprint density at radius 2 is 1.94 bits per heavy atom. The fourth-order valence-corrected chi connectivity index (χ4v) is 1.52. The Morgan fingerprint density at radius 3 is 2.50 bits per heavy atom. The zero-order valence-electron chi connectivity index (χ0n) is 10.8. The monoisotopic (exact) mass is 252 g/mol. The molecule has 1 rings (SSSR count). The molecule has 100 valence electrons. The Balaban J connectivity index is 2.52. The molecule has 0 bridgehead atoms. The van der Waals surface area contributed by atoms with E-state index < -0.39 is 17.5 Å². The van der Waals surface area contributed by atoms with Crippen LogP contribution in [-0.4, -0.2) is 35.5 Å². The first-order chi connectivity index (χ1) is 8.47. The van der Waals surface area contributed by atoms with Crippen LogP contribution in [0, 0.1) is 5.41 Å². The number of rotatable bonds is 6. The third kappa shape index (κ3) is 4.13. The molecule has 0 aromatic heterocycles. The molecule has 0 heterocycles. The van der Waals surface area contributed by atoms with E-state index in [2.05, 4.69) is 0 Å². The SMILES string of the molecule is CC(C)(COC(=O)c1ccccc1)[C@@H](O)CCO. The van der Waals surface area contributed by atoms with E-state index in [-0.39, 0.29) is 19.6 Å². The Labute approximate surface area is 107 Å². The molecule has 1 atom stereocenters. The smallest absolute Gasteiger partial charge is 0.338 e. The van der Waals surface area contributed by atoms with Gasteiger partial charge in [0.1, 0.15) is 0 Å². The minimum Gasteiger partial charge on any atom is -0.461 e. The van der Waals surface area contributed by atoms with Crippen LogP contribution in [0.4, 0.5) is 0 Å². The topological polar surface area (TPSA) is 66.8 Å². The van der Waals surface area contributed by atoms with E-state index in [1.54, 1.807) is 38.1 Å². The molecule has 1 aromatic rings. The summed E-state index contributed by atoms with van der Waals surface area (Å²) in [5.41, 5.74) is -0.0855. The molecular weight excluding hydrogens is 232 g/mol. The number of aliphatic hydroxyl groups excluding tert-OH is 2. The van der Waals surface area contributed by atoms with Crippen molar-refractivity contribution in [3.63, 3.8) is 0 Å². The number of esters is 1. The summed E-state index contributed by atoms with van der Waals surface area (Å²) in [4.78, 5) is 11.7. The second kappa shape index (κ2) is 6.52. The van der Waals surface area contributed by atoms with Gasteiger partial charge in [-0.25, -0.2) is 4.79 Å². The number of carbonyl (C=O) groups excluding carboxylic acids is 1. The Bertz CT molecular complexity index is 373. The van der Waals surface area contributed by atoms with Crippen LogP contribution in [0.15, 0.2) is 30.3 Å². The van der Waals surface area contributed by atoms with Crippen LogP contribution in [0.3, 0.4) is 0 Å². The van der Waals surface area contributed by atoms with Gasteiger partial charge in [-0.05, 0) is 18.6 Å². The lowest BCUT2D eigenvalue weighted by atomic mass is 9.86. The molecule has 0 aliphatic rings. The van der Waals surface area contributed by atoms with Crippen LogP contribution in [0.2, 0.25) is 0 Å². The number of ether oxygens (including phenoxy) is 1. The van der Waals surface area contributed by atoms with Gasteiger partial charge in [0.05, 0.1) is 18.3 Å². The maximum absolute atomic E-state index is 11.7. The van der Waals surface area contributed by atoms with Gasteiger partial charge in [-0.15, -0.1) is 0 Å². The van der Waals surface area contributed by atoms with Crippen LogP contribution < -0.4 is 0 Å². The third-order valence-electron chi connectivity index (χ3n) is 2.89. The lowest BCUT2D eigenvalue weighted by molar-refractivity contribution is -0.0217. The van der Waals surface area contributed by atoms with Crippen molar-refractivity contribution in [3.8, 4) is 0 Å². The number of hydrogen-bond donors (Lipinski definition) is 2. The minimum absolute atomic E-state index is 0.0861. The first-order valence-corrected chi connectivity index (χ1v) is 5.98. The van der Waals surface area contributed by atoms with Gasteiger partial charge in [0, 0.05) is 12.0 Å². The van der Waals surface area contributed by atoms with Gasteiger partial charge < -0.3 is 14.9 Å². The highest BCUT2D eigenvalue weighted by Gasteiger charge is 2.29. The van der Waals surface area contributed by atoms with E-state index in [1.165, 1.54) is 0 Å². The molecule has 4 heteroatoms. The molecule has 0 amide bonds. The molecule has 0 fully saturated rings. The summed E-state index contributed by atoms with van der Waals surface area (Å²) in [5, 5.41) is 18.6. The average molecular weight is 252 g/mol. The average Bonchev–Trinajstić information content (AvgIpc) is 2.37. The molecule has 0 saturated heterocycles. The number of benzene rings is 1. The highest BCUT2D eigenvalue weighted by Crippen LogP contribution is 2.23. The Kier molecular flexibility index (Phi) is 5.31. The van der Waals surface area contributed by atoms with Crippen molar-refractivity contribution in [1.82, 2.24) is 0 Å². The van der Waals surface area contributed by atoms with E-state index in [9.17, 15) is 9.90 Å². The maximum Gasteiger partial charge on any atom is 0.338 e. The van der Waals surface area contributed by atoms with E-state index in [0.717, 1.165) is 0 Å². The van der Waals surface area contributed by atoms with Crippen molar-refractivity contribution in [2.45, 2.75) is 26.4 Å². The zero-order chi connectivity index (χ0) is 13.6. The number of carbonyl (C=O) groups is 1. The Hall–Kier alpha value is -1.39. The fraction of sp³-hybridized carbons (Fsp3) is 0.500. The maximum atomic E-state index is 11.7. The van der Waals surface area contributed by atoms with Crippen LogP contribution in [0.5, 0.6) is 0 Å². The standard InChI is InChI=1S/C14H20O4/c1-14(2,12(16)8-9-15)10-18-13(17)11-6-4-3-5-7-11/h3-7,12,15-16H,8-10H2,1-2H3/t12-/m0/s1. The molecule has 0 aliphatic carbocycles. The second-order valence-corrected chi connectivity index (χ2v) is 4.96. The van der Waals surface area contributed by atoms with Crippen molar-refractivity contribution >= 4 is 5.97 Å². The summed E-state index contributed by atoms with van der Waals surface area (Å²) < 4.78 is 5.18. The third-order valence-corrected chi connectivity index (χ3v) is 2.89. The number of aliphatic hydroxyl groups is 2. The summed E-state index contributed by atoms with van der Waals surface area (Å²) in [6.07, 6.45) is -0.429. The van der Waals surface area contributed by atoms with Crippen LogP contribution in [0.1, 0.15) is 30.6 Å². The molecule has 0 aliphatic heterocycles. The molecule has 18 heavy (non-hydrogen) atoms. The summed E-state index contributed by atoms with van der Waals surface area (Å²) in [6, 6.07) is 8.72. The van der Waals surface area contributed by atoms with Gasteiger partial charge in [-0.1, -0.05) is 32.0 Å². The van der Waals surface area contributed by atoms with Gasteiger partial charge in [0.15, 0.2) is 0 Å². The Morgan fingerprint density at radius 1 is 1.33 bits per heavy atom. The second-order valence-electron chi connectivity index (χ2n) is 4.96.